The Bertz CT molecular complexity index is 240. The van der Waals surface area contributed by atoms with E-state index in [1.54, 1.807) is 0 Å². The summed E-state index contributed by atoms with van der Waals surface area (Å²) in [5.74, 6) is -0.229. The second kappa shape index (κ2) is 3.46. The van der Waals surface area contributed by atoms with Crippen molar-refractivity contribution in [1.82, 2.24) is 10.2 Å². The molecule has 1 heterocycles. The van der Waals surface area contributed by atoms with Crippen LogP contribution in [0.4, 0.5) is 0 Å². The molecule has 74 valence electrons. The Morgan fingerprint density at radius 1 is 1.46 bits per heavy atom. The third-order valence-corrected chi connectivity index (χ3v) is 2.67. The minimum absolute atomic E-state index is 0.103. The van der Waals surface area contributed by atoms with Gasteiger partial charge < -0.3 is 0 Å². The summed E-state index contributed by atoms with van der Waals surface area (Å²) in [7, 11) is 0. The number of carbonyl (C=O) groups excluding carboxylic acids is 2. The topological polar surface area (TPSA) is 49.4 Å². The van der Waals surface area contributed by atoms with E-state index in [0.29, 0.717) is 13.0 Å². The molecule has 4 nitrogen and oxygen atoms in total. The van der Waals surface area contributed by atoms with E-state index in [-0.39, 0.29) is 18.4 Å². The third-order valence-electron chi connectivity index (χ3n) is 2.67. The number of imide groups is 1. The van der Waals surface area contributed by atoms with Crippen LogP contribution in [-0.2, 0) is 9.59 Å². The second-order valence-corrected chi connectivity index (χ2v) is 3.48. The predicted molar refractivity (Wildman–Crippen MR) is 49.1 cm³/mol. The van der Waals surface area contributed by atoms with Gasteiger partial charge in [-0.1, -0.05) is 6.92 Å². The molecule has 1 rings (SSSR count). The minimum Gasteiger partial charge on any atom is -0.295 e. The van der Waals surface area contributed by atoms with Gasteiger partial charge in [-0.05, 0) is 20.3 Å². The molecule has 4 heteroatoms. The van der Waals surface area contributed by atoms with Gasteiger partial charge in [0, 0.05) is 6.54 Å². The predicted octanol–water partition coefficient (Wildman–Crippen LogP) is 0.133. The zero-order valence-electron chi connectivity index (χ0n) is 8.39. The van der Waals surface area contributed by atoms with E-state index in [0.717, 1.165) is 0 Å². The van der Waals surface area contributed by atoms with Crippen molar-refractivity contribution in [3.05, 3.63) is 0 Å². The zero-order chi connectivity index (χ0) is 10.1. The number of piperazine rings is 1. The summed E-state index contributed by atoms with van der Waals surface area (Å²) >= 11 is 0. The Labute approximate surface area is 78.3 Å². The highest BCUT2D eigenvalue weighted by Gasteiger charge is 2.41. The van der Waals surface area contributed by atoms with Crippen molar-refractivity contribution >= 4 is 11.8 Å². The minimum atomic E-state index is -0.552. The van der Waals surface area contributed by atoms with Gasteiger partial charge in [0.2, 0.25) is 11.8 Å². The van der Waals surface area contributed by atoms with Crippen molar-refractivity contribution < 1.29 is 9.59 Å². The van der Waals surface area contributed by atoms with E-state index < -0.39 is 5.54 Å². The summed E-state index contributed by atoms with van der Waals surface area (Å²) in [6.07, 6.45) is 0.704. The third kappa shape index (κ3) is 1.58. The molecule has 0 aliphatic carbocycles. The van der Waals surface area contributed by atoms with E-state index in [9.17, 15) is 9.59 Å². The van der Waals surface area contributed by atoms with Crippen molar-refractivity contribution in [3.8, 4) is 0 Å². The Hall–Kier alpha value is -0.900. The van der Waals surface area contributed by atoms with Crippen LogP contribution in [0.3, 0.4) is 0 Å². The molecule has 0 saturated carbocycles. The first-order valence-corrected chi connectivity index (χ1v) is 4.65. The van der Waals surface area contributed by atoms with Crippen LogP contribution in [0.2, 0.25) is 0 Å². The molecule has 0 aromatic carbocycles. The summed E-state index contributed by atoms with van der Waals surface area (Å²) < 4.78 is 0. The van der Waals surface area contributed by atoms with Crippen LogP contribution < -0.4 is 5.32 Å². The Morgan fingerprint density at radius 3 is 2.54 bits per heavy atom. The molecule has 1 unspecified atom stereocenters. The second-order valence-electron chi connectivity index (χ2n) is 3.48. The largest absolute Gasteiger partial charge is 0.295 e. The maximum Gasteiger partial charge on any atom is 0.249 e. The van der Waals surface area contributed by atoms with Crippen LogP contribution >= 0.6 is 0 Å². The quantitative estimate of drug-likeness (QED) is 0.621. The van der Waals surface area contributed by atoms with Gasteiger partial charge in [0.1, 0.15) is 0 Å². The highest BCUT2D eigenvalue weighted by atomic mass is 16.2. The van der Waals surface area contributed by atoms with Crippen LogP contribution in [0.15, 0.2) is 0 Å². The van der Waals surface area contributed by atoms with E-state index >= 15 is 0 Å². The van der Waals surface area contributed by atoms with Gasteiger partial charge in [-0.2, -0.15) is 0 Å². The summed E-state index contributed by atoms with van der Waals surface area (Å²) in [6.45, 7) is 6.33. The maximum absolute atomic E-state index is 11.8. The molecule has 1 N–H and O–H groups in total. The monoisotopic (exact) mass is 184 g/mol. The fraction of sp³-hybridized carbons (Fsp3) is 0.778. The highest BCUT2D eigenvalue weighted by Crippen LogP contribution is 2.17. The molecule has 1 atom stereocenters. The molecule has 0 bridgehead atoms. The number of amides is 2. The zero-order valence-corrected chi connectivity index (χ0v) is 8.39. The molecule has 1 saturated heterocycles. The van der Waals surface area contributed by atoms with Gasteiger partial charge in [-0.15, -0.1) is 0 Å². The van der Waals surface area contributed by atoms with E-state index in [1.807, 2.05) is 20.8 Å². The number of hydrogen-bond donors (Lipinski definition) is 1. The lowest BCUT2D eigenvalue weighted by atomic mass is 9.94. The lowest BCUT2D eigenvalue weighted by Crippen LogP contribution is -2.64. The first-order valence-electron chi connectivity index (χ1n) is 4.65. The van der Waals surface area contributed by atoms with Crippen molar-refractivity contribution in [3.63, 3.8) is 0 Å². The first-order chi connectivity index (χ1) is 6.05. The molecule has 2 amide bonds. The Balaban J connectivity index is 2.87. The standard InChI is InChI=1S/C9H16N2O2/c1-4-9(3)8(13)11(5-2)7(12)6-10-9/h10H,4-6H2,1-3H3. The lowest BCUT2D eigenvalue weighted by Gasteiger charge is -2.37. The average molecular weight is 184 g/mol. The fourth-order valence-corrected chi connectivity index (χ4v) is 1.45. The molecule has 0 radical (unpaired) electrons. The van der Waals surface area contributed by atoms with Gasteiger partial charge >= 0.3 is 0 Å². The Kier molecular flexibility index (Phi) is 2.71. The average Bonchev–Trinajstić information content (AvgIpc) is 2.13. The van der Waals surface area contributed by atoms with Gasteiger partial charge in [0.05, 0.1) is 12.1 Å². The van der Waals surface area contributed by atoms with Gasteiger partial charge in [-0.3, -0.25) is 19.8 Å². The van der Waals surface area contributed by atoms with Crippen LogP contribution in [0.25, 0.3) is 0 Å². The van der Waals surface area contributed by atoms with E-state index in [2.05, 4.69) is 5.32 Å². The number of nitrogens with zero attached hydrogens (tertiary/aromatic N) is 1. The normalized spacial score (nSPS) is 29.6. The van der Waals surface area contributed by atoms with Crippen molar-refractivity contribution in [2.45, 2.75) is 32.7 Å². The van der Waals surface area contributed by atoms with Crippen molar-refractivity contribution in [1.29, 1.82) is 0 Å². The molecule has 1 aliphatic rings. The molecule has 1 fully saturated rings. The van der Waals surface area contributed by atoms with Gasteiger partial charge in [-0.25, -0.2) is 0 Å². The lowest BCUT2D eigenvalue weighted by molar-refractivity contribution is -0.152. The smallest absolute Gasteiger partial charge is 0.249 e. The summed E-state index contributed by atoms with van der Waals surface area (Å²) in [5, 5.41) is 2.97. The van der Waals surface area contributed by atoms with Crippen molar-refractivity contribution in [2.75, 3.05) is 13.1 Å². The molecule has 0 aromatic heterocycles. The summed E-state index contributed by atoms with van der Waals surface area (Å²) in [5.41, 5.74) is -0.552. The summed E-state index contributed by atoms with van der Waals surface area (Å²) in [6, 6.07) is 0. The van der Waals surface area contributed by atoms with Crippen LogP contribution in [0.1, 0.15) is 27.2 Å². The Morgan fingerprint density at radius 2 is 2.08 bits per heavy atom. The number of carbonyl (C=O) groups is 2. The molecule has 1 aliphatic heterocycles. The number of nitrogens with one attached hydrogen (secondary N) is 1. The molecular weight excluding hydrogens is 168 g/mol. The molecule has 0 spiro atoms. The fourth-order valence-electron chi connectivity index (χ4n) is 1.45. The number of hydrogen-bond acceptors (Lipinski definition) is 3. The van der Waals surface area contributed by atoms with Crippen molar-refractivity contribution in [2.24, 2.45) is 0 Å². The van der Waals surface area contributed by atoms with E-state index in [4.69, 9.17) is 0 Å². The maximum atomic E-state index is 11.8. The first kappa shape index (κ1) is 10.2. The number of likely N-dealkylation sites (N-methyl/N-ethyl adjacent to an activating group) is 1. The summed E-state index contributed by atoms with van der Waals surface area (Å²) in [4.78, 5) is 24.4. The van der Waals surface area contributed by atoms with Crippen LogP contribution in [0, 0.1) is 0 Å². The molecule has 0 aromatic rings. The molecule has 13 heavy (non-hydrogen) atoms. The van der Waals surface area contributed by atoms with Crippen LogP contribution in [-0.4, -0.2) is 35.3 Å². The van der Waals surface area contributed by atoms with Gasteiger partial charge in [0.15, 0.2) is 0 Å². The highest BCUT2D eigenvalue weighted by molar-refractivity contribution is 6.03. The van der Waals surface area contributed by atoms with E-state index in [1.165, 1.54) is 4.90 Å². The SMILES string of the molecule is CCN1C(=O)CNC(C)(CC)C1=O. The van der Waals surface area contributed by atoms with Gasteiger partial charge in [0.25, 0.3) is 0 Å². The molecular formula is C9H16N2O2. The van der Waals surface area contributed by atoms with Crippen LogP contribution in [0.5, 0.6) is 0 Å². The number of rotatable bonds is 2.